The third-order valence-corrected chi connectivity index (χ3v) is 5.65. The lowest BCUT2D eigenvalue weighted by Crippen LogP contribution is -2.42. The van der Waals surface area contributed by atoms with Crippen LogP contribution in [0.3, 0.4) is 0 Å². The lowest BCUT2D eigenvalue weighted by Gasteiger charge is -2.32. The van der Waals surface area contributed by atoms with Crippen LogP contribution in [0.25, 0.3) is 0 Å². The highest BCUT2D eigenvalue weighted by Gasteiger charge is 2.36. The molecule has 1 aromatic rings. The molecule has 2 amide bonds. The van der Waals surface area contributed by atoms with Crippen LogP contribution in [0.4, 0.5) is 22.0 Å². The monoisotopic (exact) mass is 517 g/mol. The van der Waals surface area contributed by atoms with E-state index in [-0.39, 0.29) is 26.7 Å². The summed E-state index contributed by atoms with van der Waals surface area (Å²) in [5.41, 5.74) is 4.36. The summed E-state index contributed by atoms with van der Waals surface area (Å²) in [7, 11) is 0. The Kier molecular flexibility index (Phi) is 9.15. The molecule has 3 N–H and O–H groups in total. The quantitative estimate of drug-likeness (QED) is 0.231. The average molecular weight is 518 g/mol. The maximum atomic E-state index is 13.3. The van der Waals surface area contributed by atoms with Gasteiger partial charge in [0.15, 0.2) is 0 Å². The van der Waals surface area contributed by atoms with Crippen molar-refractivity contribution in [1.29, 1.82) is 0 Å². The highest BCUT2D eigenvalue weighted by molar-refractivity contribution is 5.96. The molecule has 0 radical (unpaired) electrons. The van der Waals surface area contributed by atoms with Gasteiger partial charge in [-0.05, 0) is 25.8 Å². The van der Waals surface area contributed by atoms with Gasteiger partial charge in [-0.25, -0.2) is 18.7 Å². The number of hydrogen-bond acceptors (Lipinski definition) is 5. The summed E-state index contributed by atoms with van der Waals surface area (Å²) in [6, 6.07) is -0.680. The summed E-state index contributed by atoms with van der Waals surface area (Å²) >= 11 is 0. The van der Waals surface area contributed by atoms with Crippen molar-refractivity contribution in [2.24, 2.45) is 5.73 Å². The van der Waals surface area contributed by atoms with Gasteiger partial charge in [0.05, 0.1) is 16.8 Å². The van der Waals surface area contributed by atoms with Gasteiger partial charge in [0.25, 0.3) is 11.8 Å². The van der Waals surface area contributed by atoms with Crippen LogP contribution >= 0.6 is 0 Å². The molecule has 0 spiro atoms. The van der Waals surface area contributed by atoms with Crippen molar-refractivity contribution < 1.29 is 34.4 Å². The number of rotatable bonds is 8. The molecule has 200 valence electrons. The maximum absolute atomic E-state index is 13.3. The number of allylic oxidation sites excluding steroid dienone is 1. The van der Waals surface area contributed by atoms with E-state index in [4.69, 9.17) is 5.73 Å². The Morgan fingerprint density at radius 2 is 1.83 bits per heavy atom. The van der Waals surface area contributed by atoms with Crippen LogP contribution < -0.4 is 11.1 Å². The third-order valence-electron chi connectivity index (χ3n) is 5.65. The van der Waals surface area contributed by atoms with Gasteiger partial charge < -0.3 is 16.0 Å². The molecule has 1 aliphatic heterocycles. The van der Waals surface area contributed by atoms with Gasteiger partial charge in [-0.1, -0.05) is 13.2 Å². The Balaban J connectivity index is 0.00000684. The van der Waals surface area contributed by atoms with Crippen molar-refractivity contribution in [2.45, 2.75) is 57.2 Å². The molecule has 0 aromatic carbocycles. The van der Waals surface area contributed by atoms with Crippen molar-refractivity contribution in [3.63, 3.8) is 0 Å². The SMILES string of the molecule is C=C=C(N)/C(=C\C(=C)C(=O)NC(C)CC(=O)N1CCC(c2ncc(C(C)(F)F)cn2)CC1)C(F)(F)F.[HH].[HH]. The molecule has 0 bridgehead atoms. The molecule has 2 heterocycles. The number of hydrogen-bond donors (Lipinski definition) is 2. The molecule has 0 saturated carbocycles. The molecule has 36 heavy (non-hydrogen) atoms. The Labute approximate surface area is 208 Å². The summed E-state index contributed by atoms with van der Waals surface area (Å²) in [6.45, 7) is 9.50. The number of carbonyl (C=O) groups excluding carboxylic acids is 2. The lowest BCUT2D eigenvalue weighted by molar-refractivity contribution is -0.132. The van der Waals surface area contributed by atoms with E-state index >= 15 is 0 Å². The second kappa shape index (κ2) is 11.5. The molecule has 1 saturated heterocycles. The molecule has 1 aromatic heterocycles. The fourth-order valence-electron chi connectivity index (χ4n) is 3.57. The lowest BCUT2D eigenvalue weighted by atomic mass is 9.95. The molecule has 1 unspecified atom stereocenters. The highest BCUT2D eigenvalue weighted by atomic mass is 19.4. The molecule has 7 nitrogen and oxygen atoms in total. The van der Waals surface area contributed by atoms with Gasteiger partial charge in [-0.15, -0.1) is 5.73 Å². The predicted octanol–water partition coefficient (Wildman–Crippen LogP) is 4.35. The van der Waals surface area contributed by atoms with Crippen LogP contribution in [-0.4, -0.2) is 52.0 Å². The molecular formula is C24H32F5N5O2. The minimum Gasteiger partial charge on any atom is -0.392 e. The van der Waals surface area contributed by atoms with Crippen LogP contribution in [0.15, 0.2) is 54.2 Å². The van der Waals surface area contributed by atoms with Crippen LogP contribution in [0.1, 0.15) is 53.3 Å². The standard InChI is InChI=1S/C24H28F5N5O2.2H2/c1-5-19(30)18(24(27,28)29)10-14(2)22(36)33-15(3)11-20(35)34-8-6-16(7-9-34)21-31-12-17(13-32-21)23(4,25)26;;/h10,12-13,15-16H,1-2,6-9,11,30H2,3-4H3,(H,33,36);2*1H/b18-10+;;. The number of aromatic nitrogens is 2. The molecule has 0 aliphatic carbocycles. The first-order chi connectivity index (χ1) is 16.6. The maximum Gasteiger partial charge on any atom is 0.419 e. The largest absolute Gasteiger partial charge is 0.419 e. The second-order valence-corrected chi connectivity index (χ2v) is 8.62. The van der Waals surface area contributed by atoms with E-state index in [1.165, 1.54) is 0 Å². The third kappa shape index (κ3) is 7.74. The first-order valence-corrected chi connectivity index (χ1v) is 11.1. The van der Waals surface area contributed by atoms with Crippen molar-refractivity contribution in [1.82, 2.24) is 20.2 Å². The zero-order valence-electron chi connectivity index (χ0n) is 20.0. The zero-order valence-corrected chi connectivity index (χ0v) is 20.0. The number of piperidine rings is 1. The molecule has 2 rings (SSSR count). The number of alkyl halides is 5. The minimum atomic E-state index is -4.83. The van der Waals surface area contributed by atoms with Crippen molar-refractivity contribution in [3.05, 3.63) is 65.6 Å². The summed E-state index contributed by atoms with van der Waals surface area (Å²) < 4.78 is 66.0. The Bertz CT molecular complexity index is 1070. The molecular weight excluding hydrogens is 485 g/mol. The van der Waals surface area contributed by atoms with E-state index in [2.05, 4.69) is 28.4 Å². The van der Waals surface area contributed by atoms with Crippen molar-refractivity contribution in [3.8, 4) is 0 Å². The number of likely N-dealkylation sites (tertiary alicyclic amines) is 1. The Morgan fingerprint density at radius 1 is 1.28 bits per heavy atom. The summed E-state index contributed by atoms with van der Waals surface area (Å²) in [6.07, 6.45) is -1.13. The topological polar surface area (TPSA) is 101 Å². The highest BCUT2D eigenvalue weighted by Crippen LogP contribution is 2.30. The second-order valence-electron chi connectivity index (χ2n) is 8.62. The van der Waals surface area contributed by atoms with E-state index in [1.54, 1.807) is 11.8 Å². The van der Waals surface area contributed by atoms with Crippen molar-refractivity contribution >= 4 is 11.8 Å². The first kappa shape index (κ1) is 28.7. The van der Waals surface area contributed by atoms with Gasteiger partial charge in [0.1, 0.15) is 5.82 Å². The van der Waals surface area contributed by atoms with E-state index in [9.17, 15) is 31.5 Å². The minimum absolute atomic E-state index is 0. The molecule has 1 atom stereocenters. The van der Waals surface area contributed by atoms with Crippen LogP contribution in [0.2, 0.25) is 0 Å². The Morgan fingerprint density at radius 3 is 2.31 bits per heavy atom. The number of nitrogens with zero attached hydrogens (tertiary/aromatic N) is 3. The first-order valence-electron chi connectivity index (χ1n) is 11.1. The van der Waals surface area contributed by atoms with Crippen LogP contribution in [0, 0.1) is 0 Å². The molecule has 12 heteroatoms. The summed E-state index contributed by atoms with van der Waals surface area (Å²) in [4.78, 5) is 34.6. The smallest absolute Gasteiger partial charge is 0.392 e. The zero-order chi connectivity index (χ0) is 27.3. The van der Waals surface area contributed by atoms with E-state index < -0.39 is 40.9 Å². The van der Waals surface area contributed by atoms with Gasteiger partial charge in [0.2, 0.25) is 5.91 Å². The van der Waals surface area contributed by atoms with Crippen LogP contribution in [0.5, 0.6) is 0 Å². The number of amides is 2. The average Bonchev–Trinajstić information content (AvgIpc) is 2.80. The molecule has 1 fully saturated rings. The number of nitrogens with one attached hydrogen (secondary N) is 1. The Hall–Kier alpha value is -3.53. The fraction of sp³-hybridized carbons (Fsp3) is 0.458. The summed E-state index contributed by atoms with van der Waals surface area (Å²) in [5.74, 6) is -3.81. The fourth-order valence-corrected chi connectivity index (χ4v) is 3.57. The van der Waals surface area contributed by atoms with Gasteiger partial charge >= 0.3 is 6.18 Å². The van der Waals surface area contributed by atoms with E-state index in [1.807, 2.05) is 5.73 Å². The van der Waals surface area contributed by atoms with E-state index in [0.717, 1.165) is 19.3 Å². The number of carbonyl (C=O) groups is 2. The van der Waals surface area contributed by atoms with Gasteiger partial charge in [-0.2, -0.15) is 13.2 Å². The number of nitrogens with two attached hydrogens (primary N) is 1. The van der Waals surface area contributed by atoms with Crippen LogP contribution in [-0.2, 0) is 15.5 Å². The van der Waals surface area contributed by atoms with Gasteiger partial charge in [0, 0.05) is 59.2 Å². The van der Waals surface area contributed by atoms with E-state index in [0.29, 0.717) is 37.8 Å². The normalized spacial score (nSPS) is 16.2. The summed E-state index contributed by atoms with van der Waals surface area (Å²) in [5, 5.41) is 2.45. The van der Waals surface area contributed by atoms with Gasteiger partial charge in [-0.3, -0.25) is 9.59 Å². The predicted molar refractivity (Wildman–Crippen MR) is 127 cm³/mol. The number of halogens is 5. The van der Waals surface area contributed by atoms with Crippen molar-refractivity contribution in [2.75, 3.05) is 13.1 Å². The molecule has 1 aliphatic rings.